The Labute approximate surface area is 221 Å². The smallest absolute Gasteiger partial charge is 0.417 e. The van der Waals surface area contributed by atoms with E-state index in [-0.39, 0.29) is 18.5 Å². The fourth-order valence-electron chi connectivity index (χ4n) is 5.11. The SMILES string of the molecule is CC12OCC(O)Cc3cn(-c4ccc(Oc5ccc(C(F)(F)F)c(C#N)c5)cc4)c4cccc(c34)C(CO1)O2. The number of aliphatic hydroxyl groups is 1. The number of rotatable bonds is 3. The molecule has 0 saturated carbocycles. The first-order valence-corrected chi connectivity index (χ1v) is 12.3. The average Bonchev–Trinajstić information content (AvgIpc) is 3.48. The second-order valence-electron chi connectivity index (χ2n) is 9.63. The number of ether oxygens (including phenoxy) is 4. The number of aromatic nitrogens is 1. The lowest BCUT2D eigenvalue weighted by Gasteiger charge is -2.26. The molecule has 2 aliphatic heterocycles. The Kier molecular flexibility index (Phi) is 6.12. The third-order valence-corrected chi connectivity index (χ3v) is 6.90. The number of benzene rings is 3. The minimum Gasteiger partial charge on any atom is -0.457 e. The highest BCUT2D eigenvalue weighted by atomic mass is 19.4. The zero-order valence-corrected chi connectivity index (χ0v) is 20.7. The zero-order chi connectivity index (χ0) is 27.4. The first-order chi connectivity index (χ1) is 18.6. The molecule has 1 aromatic heterocycles. The standard InChI is InChI=1S/C29H23F3N2O5/c1-28-36-15-20(35)11-18-14-34(25-4-2-3-23(27(18)25)26(39-28)16-37-28)19-5-7-21(8-6-19)38-22-9-10-24(29(30,31)32)17(12-22)13-33/h2-10,12,14,20,26,35H,11,15-16H2,1H3. The second kappa shape index (κ2) is 9.39. The van der Waals surface area contributed by atoms with Crippen molar-refractivity contribution in [1.29, 1.82) is 5.26 Å². The number of alkyl halides is 3. The van der Waals surface area contributed by atoms with E-state index in [9.17, 15) is 18.3 Å². The van der Waals surface area contributed by atoms with Crippen LogP contribution < -0.4 is 4.74 Å². The predicted molar refractivity (Wildman–Crippen MR) is 133 cm³/mol. The van der Waals surface area contributed by atoms with E-state index >= 15 is 0 Å². The van der Waals surface area contributed by atoms with Crippen LogP contribution in [0, 0.1) is 11.3 Å². The van der Waals surface area contributed by atoms with Crippen molar-refractivity contribution < 1.29 is 37.2 Å². The molecule has 0 radical (unpaired) electrons. The molecule has 200 valence electrons. The monoisotopic (exact) mass is 536 g/mol. The Morgan fingerprint density at radius 2 is 1.79 bits per heavy atom. The van der Waals surface area contributed by atoms with Crippen molar-refractivity contribution >= 4 is 10.9 Å². The molecule has 0 spiro atoms. The van der Waals surface area contributed by atoms with E-state index in [0.717, 1.165) is 39.8 Å². The van der Waals surface area contributed by atoms with Gasteiger partial charge in [-0.3, -0.25) is 0 Å². The Morgan fingerprint density at radius 3 is 2.54 bits per heavy atom. The van der Waals surface area contributed by atoms with Crippen molar-refractivity contribution in [3.8, 4) is 23.3 Å². The predicted octanol–water partition coefficient (Wildman–Crippen LogP) is 6.01. The number of fused-ring (bicyclic) bond motifs is 3. The van der Waals surface area contributed by atoms with Crippen LogP contribution in [0.2, 0.25) is 0 Å². The Hall–Kier alpha value is -3.88. The van der Waals surface area contributed by atoms with Gasteiger partial charge in [0.25, 0.3) is 5.97 Å². The van der Waals surface area contributed by atoms with E-state index in [0.29, 0.717) is 18.8 Å². The van der Waals surface area contributed by atoms with E-state index in [1.807, 2.05) is 41.1 Å². The number of halogens is 3. The second-order valence-corrected chi connectivity index (χ2v) is 9.63. The van der Waals surface area contributed by atoms with Crippen molar-refractivity contribution in [1.82, 2.24) is 4.57 Å². The van der Waals surface area contributed by atoms with Gasteiger partial charge in [0.2, 0.25) is 0 Å². The van der Waals surface area contributed by atoms with Crippen LogP contribution in [0.5, 0.6) is 11.5 Å². The van der Waals surface area contributed by atoms with Crippen LogP contribution in [0.25, 0.3) is 16.6 Å². The maximum atomic E-state index is 13.1. The highest BCUT2D eigenvalue weighted by Crippen LogP contribution is 2.41. The van der Waals surface area contributed by atoms with Gasteiger partial charge in [-0.1, -0.05) is 12.1 Å². The van der Waals surface area contributed by atoms with Crippen LogP contribution >= 0.6 is 0 Å². The maximum Gasteiger partial charge on any atom is 0.417 e. The third kappa shape index (κ3) is 4.75. The topological polar surface area (TPSA) is 85.9 Å². The van der Waals surface area contributed by atoms with Gasteiger partial charge in [-0.2, -0.15) is 18.4 Å². The number of hydrogen-bond donors (Lipinski definition) is 1. The molecule has 3 aromatic carbocycles. The van der Waals surface area contributed by atoms with Gasteiger partial charge in [0.1, 0.15) is 17.6 Å². The molecule has 3 heterocycles. The highest BCUT2D eigenvalue weighted by molar-refractivity contribution is 5.89. The van der Waals surface area contributed by atoms with Crippen LogP contribution in [0.1, 0.15) is 35.3 Å². The quantitative estimate of drug-likeness (QED) is 0.345. The summed E-state index contributed by atoms with van der Waals surface area (Å²) in [4.78, 5) is 0. The van der Waals surface area contributed by atoms with E-state index in [1.165, 1.54) is 6.07 Å². The molecule has 2 bridgehead atoms. The van der Waals surface area contributed by atoms with E-state index in [1.54, 1.807) is 25.1 Å². The van der Waals surface area contributed by atoms with Gasteiger partial charge < -0.3 is 28.6 Å². The molecule has 1 N–H and O–H groups in total. The Balaban J connectivity index is 1.33. The number of hydrogen-bond acceptors (Lipinski definition) is 6. The van der Waals surface area contributed by atoms with Gasteiger partial charge in [0.15, 0.2) is 0 Å². The van der Waals surface area contributed by atoms with Crippen LogP contribution in [0.4, 0.5) is 13.2 Å². The molecule has 3 unspecified atom stereocenters. The Bertz CT molecular complexity index is 1590. The van der Waals surface area contributed by atoms with Crippen molar-refractivity contribution in [2.24, 2.45) is 0 Å². The number of nitriles is 1. The van der Waals surface area contributed by atoms with Crippen LogP contribution in [0.15, 0.2) is 66.9 Å². The lowest BCUT2D eigenvalue weighted by Crippen LogP contribution is -2.34. The lowest BCUT2D eigenvalue weighted by molar-refractivity contribution is -0.331. The summed E-state index contributed by atoms with van der Waals surface area (Å²) in [5, 5.41) is 20.8. The molecule has 3 atom stereocenters. The largest absolute Gasteiger partial charge is 0.457 e. The first-order valence-electron chi connectivity index (χ1n) is 12.3. The number of aliphatic hydroxyl groups excluding tert-OH is 1. The highest BCUT2D eigenvalue weighted by Gasteiger charge is 2.41. The van der Waals surface area contributed by atoms with Crippen molar-refractivity contribution in [3.63, 3.8) is 0 Å². The first kappa shape index (κ1) is 25.4. The van der Waals surface area contributed by atoms with E-state index in [2.05, 4.69) is 0 Å². The van der Waals surface area contributed by atoms with Gasteiger partial charge in [-0.05, 0) is 59.7 Å². The molecule has 4 aromatic rings. The van der Waals surface area contributed by atoms with Crippen molar-refractivity contribution in [2.45, 2.75) is 37.7 Å². The lowest BCUT2D eigenvalue weighted by atomic mass is 9.99. The minimum atomic E-state index is -4.62. The summed E-state index contributed by atoms with van der Waals surface area (Å²) in [6.45, 7) is 2.07. The van der Waals surface area contributed by atoms with Gasteiger partial charge in [0, 0.05) is 30.6 Å². The maximum absolute atomic E-state index is 13.1. The zero-order valence-electron chi connectivity index (χ0n) is 20.7. The van der Waals surface area contributed by atoms with Crippen molar-refractivity contribution in [3.05, 3.63) is 89.1 Å². The molecule has 6 rings (SSSR count). The molecule has 10 heteroatoms. The summed E-state index contributed by atoms with van der Waals surface area (Å²) < 4.78 is 64.6. The van der Waals surface area contributed by atoms with Crippen LogP contribution in [-0.4, -0.2) is 35.0 Å². The van der Waals surface area contributed by atoms with Crippen molar-refractivity contribution in [2.75, 3.05) is 13.2 Å². The summed E-state index contributed by atoms with van der Waals surface area (Å²) >= 11 is 0. The van der Waals surface area contributed by atoms with E-state index < -0.39 is 29.4 Å². The summed E-state index contributed by atoms with van der Waals surface area (Å²) in [5.41, 5.74) is 2.10. The molecular formula is C29H23F3N2O5. The summed E-state index contributed by atoms with van der Waals surface area (Å²) in [5.74, 6) is -0.697. The third-order valence-electron chi connectivity index (χ3n) is 6.90. The van der Waals surface area contributed by atoms with E-state index in [4.69, 9.17) is 24.2 Å². The fraction of sp³-hybridized carbons (Fsp3) is 0.276. The molecule has 2 aliphatic rings. The van der Waals surface area contributed by atoms with Gasteiger partial charge in [0.05, 0.1) is 42.0 Å². The van der Waals surface area contributed by atoms with Crippen LogP contribution in [-0.2, 0) is 26.8 Å². The summed E-state index contributed by atoms with van der Waals surface area (Å²) in [6.07, 6.45) is -3.38. The minimum absolute atomic E-state index is 0.0571. The normalized spacial score (nSPS) is 23.0. The number of nitrogens with zero attached hydrogens (tertiary/aromatic N) is 2. The van der Waals surface area contributed by atoms with Gasteiger partial charge in [-0.15, -0.1) is 0 Å². The molecule has 0 aliphatic carbocycles. The molecular weight excluding hydrogens is 513 g/mol. The Morgan fingerprint density at radius 1 is 1.05 bits per heavy atom. The summed E-state index contributed by atoms with van der Waals surface area (Å²) in [7, 11) is 0. The van der Waals surface area contributed by atoms with Gasteiger partial charge >= 0.3 is 6.18 Å². The molecule has 1 fully saturated rings. The molecule has 1 saturated heterocycles. The summed E-state index contributed by atoms with van der Waals surface area (Å²) in [6, 6.07) is 17.6. The fourth-order valence-corrected chi connectivity index (χ4v) is 5.11. The molecule has 39 heavy (non-hydrogen) atoms. The molecule has 0 amide bonds. The van der Waals surface area contributed by atoms with Crippen LogP contribution in [0.3, 0.4) is 0 Å². The average molecular weight is 537 g/mol. The molecule has 7 nitrogen and oxygen atoms in total. The van der Waals surface area contributed by atoms with Gasteiger partial charge in [-0.25, -0.2) is 0 Å².